The molecule has 6 rings (SSSR count). The Labute approximate surface area is 212 Å². The lowest BCUT2D eigenvalue weighted by molar-refractivity contribution is -0.145. The molecule has 2 aliphatic rings. The molecule has 0 radical (unpaired) electrons. The van der Waals surface area contributed by atoms with Crippen LogP contribution in [-0.4, -0.2) is 25.2 Å². The average molecular weight is 481 g/mol. The number of hydrogen-bond acceptors (Lipinski definition) is 4. The summed E-state index contributed by atoms with van der Waals surface area (Å²) in [4.78, 5) is 23.4. The first-order valence-corrected chi connectivity index (χ1v) is 12.9. The van der Waals surface area contributed by atoms with Crippen molar-refractivity contribution < 1.29 is 19.1 Å². The van der Waals surface area contributed by atoms with Crippen LogP contribution in [0.15, 0.2) is 84.9 Å². The summed E-state index contributed by atoms with van der Waals surface area (Å²) in [6.45, 7) is 4.65. The van der Waals surface area contributed by atoms with E-state index in [9.17, 15) is 9.59 Å². The summed E-state index contributed by atoms with van der Waals surface area (Å²) < 4.78 is 10.2. The fourth-order valence-electron chi connectivity index (χ4n) is 5.24. The summed E-state index contributed by atoms with van der Waals surface area (Å²) >= 11 is 0. The summed E-state index contributed by atoms with van der Waals surface area (Å²) in [7, 11) is 0. The highest BCUT2D eigenvalue weighted by Crippen LogP contribution is 2.51. The zero-order valence-electron chi connectivity index (χ0n) is 20.9. The van der Waals surface area contributed by atoms with Gasteiger partial charge in [-0.1, -0.05) is 84.9 Å². The minimum Gasteiger partial charge on any atom is -0.466 e. The Morgan fingerprint density at radius 3 is 1.42 bits per heavy atom. The molecule has 0 aliphatic heterocycles. The molecule has 4 nitrogen and oxygen atoms in total. The van der Waals surface area contributed by atoms with E-state index in [-0.39, 0.29) is 23.8 Å². The number of fused-ring (bicyclic) bond motifs is 2. The van der Waals surface area contributed by atoms with Gasteiger partial charge in [0.1, 0.15) is 0 Å². The molecule has 4 aromatic carbocycles. The second kappa shape index (κ2) is 10.5. The number of esters is 2. The molecule has 2 aliphatic carbocycles. The van der Waals surface area contributed by atoms with Crippen molar-refractivity contribution in [3.8, 4) is 0 Å². The maximum absolute atomic E-state index is 11.7. The van der Waals surface area contributed by atoms with Gasteiger partial charge in [-0.05, 0) is 71.2 Å². The van der Waals surface area contributed by atoms with Gasteiger partial charge in [0, 0.05) is 0 Å². The van der Waals surface area contributed by atoms with Crippen LogP contribution in [0.4, 0.5) is 0 Å². The predicted octanol–water partition coefficient (Wildman–Crippen LogP) is 7.01. The van der Waals surface area contributed by atoms with Gasteiger partial charge in [0.15, 0.2) is 0 Å². The van der Waals surface area contributed by atoms with Crippen LogP contribution in [0.3, 0.4) is 0 Å². The lowest BCUT2D eigenvalue weighted by Gasteiger charge is -2.06. The molecule has 0 N–H and O–H groups in total. The van der Waals surface area contributed by atoms with Gasteiger partial charge in [0.05, 0.1) is 25.0 Å². The predicted molar refractivity (Wildman–Crippen MR) is 143 cm³/mol. The molecular weight excluding hydrogens is 448 g/mol. The average Bonchev–Trinajstić information content (AvgIpc) is 3.83. The fourth-order valence-corrected chi connectivity index (χ4v) is 5.24. The van der Waals surface area contributed by atoms with E-state index in [1.165, 1.54) is 32.7 Å². The van der Waals surface area contributed by atoms with E-state index >= 15 is 0 Å². The zero-order valence-corrected chi connectivity index (χ0v) is 20.9. The standard InChI is InChI=1S/2C16H16O2/c2*1-2-18-16(17)15-10-14(15)13-9-5-7-11-6-3-4-8-12(11)13/h2*3-9,14-15H,2,10H2,1H3. The number of carbonyl (C=O) groups is 2. The molecule has 184 valence electrons. The molecule has 4 atom stereocenters. The molecule has 0 spiro atoms. The molecule has 0 aromatic heterocycles. The summed E-state index contributed by atoms with van der Waals surface area (Å²) in [5, 5.41) is 5.00. The van der Waals surface area contributed by atoms with E-state index in [4.69, 9.17) is 9.47 Å². The van der Waals surface area contributed by atoms with Crippen LogP contribution in [0.2, 0.25) is 0 Å². The number of hydrogen-bond donors (Lipinski definition) is 0. The molecule has 0 heterocycles. The first-order chi connectivity index (χ1) is 17.6. The second-order valence-electron chi connectivity index (χ2n) is 9.54. The summed E-state index contributed by atoms with van der Waals surface area (Å²) in [6, 6.07) is 29.3. The van der Waals surface area contributed by atoms with Crippen molar-refractivity contribution in [1.82, 2.24) is 0 Å². The van der Waals surface area contributed by atoms with Gasteiger partial charge in [-0.15, -0.1) is 0 Å². The van der Waals surface area contributed by atoms with Crippen molar-refractivity contribution >= 4 is 33.5 Å². The third kappa shape index (κ3) is 4.99. The van der Waals surface area contributed by atoms with Gasteiger partial charge in [0.2, 0.25) is 0 Å². The maximum Gasteiger partial charge on any atom is 0.309 e. The molecule has 0 amide bonds. The van der Waals surface area contributed by atoms with Gasteiger partial charge in [-0.25, -0.2) is 0 Å². The summed E-state index contributed by atoms with van der Waals surface area (Å²) in [5.41, 5.74) is 2.57. The highest BCUT2D eigenvalue weighted by Gasteiger charge is 2.46. The largest absolute Gasteiger partial charge is 0.466 e. The van der Waals surface area contributed by atoms with Crippen molar-refractivity contribution in [2.45, 2.75) is 38.5 Å². The second-order valence-corrected chi connectivity index (χ2v) is 9.54. The third-order valence-electron chi connectivity index (χ3n) is 7.21. The number of ether oxygens (including phenoxy) is 2. The third-order valence-corrected chi connectivity index (χ3v) is 7.21. The first-order valence-electron chi connectivity index (χ1n) is 12.9. The SMILES string of the molecule is CCOC(=O)C1CC1c1cccc2ccccc12.CCOC(=O)C1CC1c1cccc2ccccc12. The molecule has 0 saturated heterocycles. The molecule has 2 fully saturated rings. The molecule has 4 heteroatoms. The van der Waals surface area contributed by atoms with Crippen LogP contribution in [0.1, 0.15) is 49.7 Å². The Morgan fingerprint density at radius 1 is 0.611 bits per heavy atom. The molecule has 4 unspecified atom stereocenters. The van der Waals surface area contributed by atoms with E-state index in [2.05, 4.69) is 60.7 Å². The van der Waals surface area contributed by atoms with Crippen LogP contribution in [0.25, 0.3) is 21.5 Å². The molecular formula is C32H32O4. The number of benzene rings is 4. The van der Waals surface area contributed by atoms with Gasteiger partial charge in [0.25, 0.3) is 0 Å². The van der Waals surface area contributed by atoms with Crippen LogP contribution in [-0.2, 0) is 19.1 Å². The van der Waals surface area contributed by atoms with E-state index in [0.717, 1.165) is 12.8 Å². The zero-order chi connectivity index (χ0) is 25.1. The smallest absolute Gasteiger partial charge is 0.309 e. The lowest BCUT2D eigenvalue weighted by Crippen LogP contribution is -2.07. The Morgan fingerprint density at radius 2 is 1.00 bits per heavy atom. The van der Waals surface area contributed by atoms with Crippen LogP contribution in [0.5, 0.6) is 0 Å². The maximum atomic E-state index is 11.7. The van der Waals surface area contributed by atoms with E-state index < -0.39 is 0 Å². The minimum absolute atomic E-state index is 0.0459. The van der Waals surface area contributed by atoms with Crippen LogP contribution < -0.4 is 0 Å². The van der Waals surface area contributed by atoms with Crippen molar-refractivity contribution in [3.63, 3.8) is 0 Å². The van der Waals surface area contributed by atoms with Crippen LogP contribution >= 0.6 is 0 Å². The quantitative estimate of drug-likeness (QED) is 0.279. The first kappa shape index (κ1) is 24.1. The van der Waals surface area contributed by atoms with Crippen molar-refractivity contribution in [1.29, 1.82) is 0 Å². The lowest BCUT2D eigenvalue weighted by atomic mass is 10.0. The number of rotatable bonds is 6. The van der Waals surface area contributed by atoms with Crippen molar-refractivity contribution in [2.75, 3.05) is 13.2 Å². The van der Waals surface area contributed by atoms with Crippen LogP contribution in [0, 0.1) is 11.8 Å². The topological polar surface area (TPSA) is 52.6 Å². The Hall–Kier alpha value is -3.66. The normalized spacial score (nSPS) is 21.8. The van der Waals surface area contributed by atoms with Gasteiger partial charge in [-0.3, -0.25) is 9.59 Å². The van der Waals surface area contributed by atoms with Gasteiger partial charge in [-0.2, -0.15) is 0 Å². The summed E-state index contributed by atoms with van der Waals surface area (Å²) in [6.07, 6.45) is 1.85. The molecule has 4 aromatic rings. The molecule has 36 heavy (non-hydrogen) atoms. The Balaban J connectivity index is 0.000000148. The van der Waals surface area contributed by atoms with E-state index in [1.54, 1.807) is 0 Å². The van der Waals surface area contributed by atoms with E-state index in [1.807, 2.05) is 38.1 Å². The fraction of sp³-hybridized carbons (Fsp3) is 0.312. The highest BCUT2D eigenvalue weighted by molar-refractivity contribution is 5.89. The van der Waals surface area contributed by atoms with E-state index in [0.29, 0.717) is 25.0 Å². The van der Waals surface area contributed by atoms with Gasteiger partial charge >= 0.3 is 11.9 Å². The van der Waals surface area contributed by atoms with Crippen molar-refractivity contribution in [3.05, 3.63) is 96.1 Å². The van der Waals surface area contributed by atoms with Gasteiger partial charge < -0.3 is 9.47 Å². The molecule has 2 saturated carbocycles. The Kier molecular flexibility index (Phi) is 7.04. The minimum atomic E-state index is -0.0459. The highest BCUT2D eigenvalue weighted by atomic mass is 16.5. The Bertz CT molecular complexity index is 1270. The van der Waals surface area contributed by atoms with Crippen molar-refractivity contribution in [2.24, 2.45) is 11.8 Å². The summed E-state index contributed by atoms with van der Waals surface area (Å²) in [5.74, 6) is 0.725. The molecule has 0 bridgehead atoms. The number of carbonyl (C=O) groups excluding carboxylic acids is 2. The monoisotopic (exact) mass is 480 g/mol.